The molecular formula is C18H13N7O4. The van der Waals surface area contributed by atoms with Crippen LogP contribution in [0, 0.1) is 10.1 Å². The minimum absolute atomic E-state index is 0.144. The molecule has 3 aromatic heterocycles. The summed E-state index contributed by atoms with van der Waals surface area (Å²) in [6.45, 7) is -0.144. The first-order chi connectivity index (χ1) is 14.1. The quantitative estimate of drug-likeness (QED) is 0.390. The summed E-state index contributed by atoms with van der Waals surface area (Å²) >= 11 is 0. The number of nitrogens with zero attached hydrogens (tertiary/aromatic N) is 6. The lowest BCUT2D eigenvalue weighted by Crippen LogP contribution is -2.18. The van der Waals surface area contributed by atoms with E-state index >= 15 is 0 Å². The molecule has 4 rings (SSSR count). The molecule has 0 aliphatic rings. The van der Waals surface area contributed by atoms with Crippen LogP contribution < -0.4 is 5.32 Å². The van der Waals surface area contributed by atoms with Gasteiger partial charge in [-0.15, -0.1) is 0 Å². The molecule has 0 spiro atoms. The third-order valence-corrected chi connectivity index (χ3v) is 3.90. The van der Waals surface area contributed by atoms with Crippen molar-refractivity contribution in [1.82, 2.24) is 24.9 Å². The van der Waals surface area contributed by atoms with E-state index < -0.39 is 4.92 Å². The third-order valence-electron chi connectivity index (χ3n) is 3.90. The molecule has 1 N–H and O–H groups in total. The number of nitro groups is 1. The fourth-order valence-electron chi connectivity index (χ4n) is 2.53. The molecule has 1 aromatic carbocycles. The van der Waals surface area contributed by atoms with Crippen LogP contribution in [0.3, 0.4) is 0 Å². The maximum atomic E-state index is 12.1. The monoisotopic (exact) mass is 391 g/mol. The lowest BCUT2D eigenvalue weighted by atomic mass is 10.2. The second kappa shape index (κ2) is 7.68. The van der Waals surface area contributed by atoms with Gasteiger partial charge in [0.05, 0.1) is 10.5 Å². The van der Waals surface area contributed by atoms with Crippen molar-refractivity contribution >= 4 is 17.3 Å². The SMILES string of the molecule is O=C(Cn1cc([N+](=O)[O-])cn1)Nc1ccc(-c2noc(-c3cccnc3)n2)cc1. The summed E-state index contributed by atoms with van der Waals surface area (Å²) in [6, 6.07) is 10.5. The van der Waals surface area contributed by atoms with E-state index in [0.29, 0.717) is 28.5 Å². The predicted molar refractivity (Wildman–Crippen MR) is 100 cm³/mol. The van der Waals surface area contributed by atoms with Gasteiger partial charge in [-0.05, 0) is 36.4 Å². The molecule has 0 aliphatic heterocycles. The van der Waals surface area contributed by atoms with Gasteiger partial charge in [0.2, 0.25) is 11.7 Å². The minimum Gasteiger partial charge on any atom is -0.334 e. The number of amides is 1. The molecule has 0 radical (unpaired) electrons. The standard InChI is InChI=1S/C18H13N7O4/c26-16(11-24-10-15(9-20-24)25(27)28)21-14-5-3-12(4-6-14)17-22-18(29-23-17)13-2-1-7-19-8-13/h1-10H,11H2,(H,21,26). The zero-order valence-electron chi connectivity index (χ0n) is 14.8. The van der Waals surface area contributed by atoms with Crippen molar-refractivity contribution in [1.29, 1.82) is 0 Å². The summed E-state index contributed by atoms with van der Waals surface area (Å²) in [5.41, 5.74) is 1.81. The summed E-state index contributed by atoms with van der Waals surface area (Å²) in [5.74, 6) is 0.401. The molecule has 144 valence electrons. The molecule has 0 saturated heterocycles. The van der Waals surface area contributed by atoms with E-state index in [-0.39, 0.29) is 18.1 Å². The lowest BCUT2D eigenvalue weighted by molar-refractivity contribution is -0.385. The molecule has 0 aliphatic carbocycles. The number of rotatable bonds is 6. The highest BCUT2D eigenvalue weighted by molar-refractivity contribution is 5.90. The van der Waals surface area contributed by atoms with Crippen molar-refractivity contribution in [2.45, 2.75) is 6.54 Å². The van der Waals surface area contributed by atoms with Crippen LogP contribution in [0.25, 0.3) is 22.8 Å². The zero-order chi connectivity index (χ0) is 20.2. The van der Waals surface area contributed by atoms with E-state index in [0.717, 1.165) is 6.20 Å². The van der Waals surface area contributed by atoms with Crippen LogP contribution in [0.15, 0.2) is 65.7 Å². The Bertz CT molecular complexity index is 1150. The van der Waals surface area contributed by atoms with E-state index in [1.807, 2.05) is 6.07 Å². The van der Waals surface area contributed by atoms with Crippen LogP contribution in [-0.2, 0) is 11.3 Å². The Morgan fingerprint density at radius 3 is 2.69 bits per heavy atom. The van der Waals surface area contributed by atoms with E-state index in [9.17, 15) is 14.9 Å². The zero-order valence-corrected chi connectivity index (χ0v) is 14.8. The van der Waals surface area contributed by atoms with E-state index in [1.165, 1.54) is 10.9 Å². The molecule has 0 saturated carbocycles. The van der Waals surface area contributed by atoms with Gasteiger partial charge >= 0.3 is 5.69 Å². The topological polar surface area (TPSA) is 142 Å². The Morgan fingerprint density at radius 1 is 1.17 bits per heavy atom. The Balaban J connectivity index is 1.41. The van der Waals surface area contributed by atoms with E-state index in [1.54, 1.807) is 42.7 Å². The summed E-state index contributed by atoms with van der Waals surface area (Å²) in [6.07, 6.45) is 5.57. The first-order valence-corrected chi connectivity index (χ1v) is 8.40. The minimum atomic E-state index is -0.572. The number of carbonyl (C=O) groups is 1. The number of anilines is 1. The van der Waals surface area contributed by atoms with Crippen molar-refractivity contribution in [3.8, 4) is 22.8 Å². The second-order valence-electron chi connectivity index (χ2n) is 5.94. The molecule has 1 amide bonds. The fraction of sp³-hybridized carbons (Fsp3) is 0.0556. The van der Waals surface area contributed by atoms with Gasteiger partial charge in [0.25, 0.3) is 5.89 Å². The average molecular weight is 391 g/mol. The average Bonchev–Trinajstić information content (AvgIpc) is 3.39. The third kappa shape index (κ3) is 4.13. The molecule has 0 atom stereocenters. The number of carbonyl (C=O) groups excluding carboxylic acids is 1. The van der Waals surface area contributed by atoms with Gasteiger partial charge in [-0.2, -0.15) is 10.1 Å². The molecule has 3 heterocycles. The van der Waals surface area contributed by atoms with Crippen molar-refractivity contribution in [2.24, 2.45) is 0 Å². The Morgan fingerprint density at radius 2 is 2.00 bits per heavy atom. The van der Waals surface area contributed by atoms with Crippen LogP contribution in [0.4, 0.5) is 11.4 Å². The number of hydrogen-bond acceptors (Lipinski definition) is 8. The molecule has 4 aromatic rings. The largest absolute Gasteiger partial charge is 0.334 e. The van der Waals surface area contributed by atoms with E-state index in [2.05, 4.69) is 25.5 Å². The van der Waals surface area contributed by atoms with Crippen molar-refractivity contribution in [3.63, 3.8) is 0 Å². The molecule has 11 heteroatoms. The molecule has 0 bridgehead atoms. The normalized spacial score (nSPS) is 10.6. The first-order valence-electron chi connectivity index (χ1n) is 8.40. The Kier molecular flexibility index (Phi) is 4.76. The van der Waals surface area contributed by atoms with Gasteiger partial charge in [-0.1, -0.05) is 5.16 Å². The first kappa shape index (κ1) is 18.0. The van der Waals surface area contributed by atoms with Crippen LogP contribution in [0.5, 0.6) is 0 Å². The van der Waals surface area contributed by atoms with Gasteiger partial charge in [-0.3, -0.25) is 24.6 Å². The van der Waals surface area contributed by atoms with Crippen LogP contribution in [0.2, 0.25) is 0 Å². The van der Waals surface area contributed by atoms with Gasteiger partial charge in [0.15, 0.2) is 0 Å². The molecule has 0 unspecified atom stereocenters. The lowest BCUT2D eigenvalue weighted by Gasteiger charge is -2.05. The number of benzene rings is 1. The van der Waals surface area contributed by atoms with Gasteiger partial charge in [0, 0.05) is 23.6 Å². The highest BCUT2D eigenvalue weighted by Gasteiger charge is 2.13. The van der Waals surface area contributed by atoms with Crippen molar-refractivity contribution in [2.75, 3.05) is 5.32 Å². The van der Waals surface area contributed by atoms with Crippen molar-refractivity contribution in [3.05, 3.63) is 71.3 Å². The highest BCUT2D eigenvalue weighted by Crippen LogP contribution is 2.22. The van der Waals surface area contributed by atoms with Crippen LogP contribution in [-0.4, -0.2) is 35.7 Å². The molecule has 11 nitrogen and oxygen atoms in total. The summed E-state index contributed by atoms with van der Waals surface area (Å²) in [7, 11) is 0. The summed E-state index contributed by atoms with van der Waals surface area (Å²) < 4.78 is 6.45. The predicted octanol–water partition coefficient (Wildman–Crippen LogP) is 2.54. The van der Waals surface area contributed by atoms with Crippen LogP contribution >= 0.6 is 0 Å². The fourth-order valence-corrected chi connectivity index (χ4v) is 2.53. The van der Waals surface area contributed by atoms with Crippen molar-refractivity contribution < 1.29 is 14.2 Å². The molecular weight excluding hydrogens is 378 g/mol. The number of hydrogen-bond donors (Lipinski definition) is 1. The number of nitrogens with one attached hydrogen (secondary N) is 1. The summed E-state index contributed by atoms with van der Waals surface area (Å²) in [5, 5.41) is 21.1. The smallest absolute Gasteiger partial charge is 0.307 e. The van der Waals surface area contributed by atoms with Crippen LogP contribution in [0.1, 0.15) is 0 Å². The Hall–Kier alpha value is -4.41. The van der Waals surface area contributed by atoms with Gasteiger partial charge in [-0.25, -0.2) is 0 Å². The van der Waals surface area contributed by atoms with Gasteiger partial charge in [0.1, 0.15) is 18.9 Å². The van der Waals surface area contributed by atoms with Gasteiger partial charge < -0.3 is 9.84 Å². The number of aromatic nitrogens is 5. The summed E-state index contributed by atoms with van der Waals surface area (Å²) in [4.78, 5) is 30.5. The highest BCUT2D eigenvalue weighted by atomic mass is 16.6. The maximum Gasteiger partial charge on any atom is 0.307 e. The molecule has 29 heavy (non-hydrogen) atoms. The second-order valence-corrected chi connectivity index (χ2v) is 5.94. The Labute approximate surface area is 163 Å². The maximum absolute atomic E-state index is 12.1. The molecule has 0 fully saturated rings. The van der Waals surface area contributed by atoms with E-state index in [4.69, 9.17) is 4.52 Å². The number of pyridine rings is 1.